The number of carbonyl (C=O) groups is 2. The number of carbonyl (C=O) groups excluding carboxylic acids is 2. The van der Waals surface area contributed by atoms with E-state index < -0.39 is 16.1 Å². The largest absolute Gasteiger partial charge is 0.450 e. The lowest BCUT2D eigenvalue weighted by molar-refractivity contribution is 0.0933. The number of amides is 2. The van der Waals surface area contributed by atoms with Gasteiger partial charge in [-0.1, -0.05) is 23.5 Å². The van der Waals surface area contributed by atoms with Crippen molar-refractivity contribution in [2.75, 3.05) is 37.7 Å². The van der Waals surface area contributed by atoms with Gasteiger partial charge in [0.2, 0.25) is 10.0 Å². The predicted molar refractivity (Wildman–Crippen MR) is 158 cm³/mol. The molecule has 0 radical (unpaired) electrons. The third kappa shape index (κ3) is 6.09. The molecule has 2 aromatic heterocycles. The van der Waals surface area contributed by atoms with Crippen molar-refractivity contribution in [2.45, 2.75) is 32.2 Å². The Morgan fingerprint density at radius 2 is 1.76 bits per heavy atom. The minimum absolute atomic E-state index is 0.0843. The predicted octanol–water partition coefficient (Wildman–Crippen LogP) is 4.62. The molecule has 3 heterocycles. The molecular weight excluding hydrogens is 562 g/mol. The number of ether oxygens (including phenoxy) is 1. The first-order valence-electron chi connectivity index (χ1n) is 13.3. The Morgan fingerprint density at radius 1 is 1.02 bits per heavy atom. The maximum atomic E-state index is 13.8. The van der Waals surface area contributed by atoms with Gasteiger partial charge >= 0.3 is 6.09 Å². The number of aryl methyl sites for hydroxylation is 2. The fourth-order valence-corrected chi connectivity index (χ4v) is 7.20. The van der Waals surface area contributed by atoms with E-state index in [-0.39, 0.29) is 50.1 Å². The van der Waals surface area contributed by atoms with E-state index in [9.17, 15) is 18.0 Å². The monoisotopic (exact) mass is 593 g/mol. The first-order chi connectivity index (χ1) is 19.7. The molecule has 0 saturated carbocycles. The van der Waals surface area contributed by atoms with Crippen LogP contribution in [0.2, 0.25) is 0 Å². The van der Waals surface area contributed by atoms with E-state index in [0.29, 0.717) is 16.4 Å². The number of piperazine rings is 1. The minimum Gasteiger partial charge on any atom is -0.450 e. The van der Waals surface area contributed by atoms with Crippen LogP contribution in [0.1, 0.15) is 34.1 Å². The van der Waals surface area contributed by atoms with Crippen LogP contribution in [0.15, 0.2) is 65.7 Å². The van der Waals surface area contributed by atoms with Crippen LogP contribution in [-0.2, 0) is 21.3 Å². The Morgan fingerprint density at radius 3 is 2.41 bits per heavy atom. The molecule has 4 aromatic rings. The summed E-state index contributed by atoms with van der Waals surface area (Å²) >= 11 is 1.44. The van der Waals surface area contributed by atoms with Crippen molar-refractivity contribution in [3.63, 3.8) is 0 Å². The molecule has 0 aliphatic carbocycles. The second-order valence-electron chi connectivity index (χ2n) is 9.75. The fraction of sp³-hybridized carbons (Fsp3) is 0.310. The van der Waals surface area contributed by atoms with Gasteiger partial charge in [0.25, 0.3) is 5.91 Å². The summed E-state index contributed by atoms with van der Waals surface area (Å²) in [5, 5.41) is 0.542. The number of rotatable bonds is 7. The van der Waals surface area contributed by atoms with E-state index in [4.69, 9.17) is 9.72 Å². The second kappa shape index (κ2) is 11.9. The van der Waals surface area contributed by atoms with Gasteiger partial charge in [-0.3, -0.25) is 14.7 Å². The third-order valence-corrected chi connectivity index (χ3v) is 9.98. The van der Waals surface area contributed by atoms with Crippen molar-refractivity contribution in [2.24, 2.45) is 0 Å². The number of fused-ring (bicyclic) bond motifs is 1. The molecule has 41 heavy (non-hydrogen) atoms. The average molecular weight is 594 g/mol. The SMILES string of the molecule is CCOC(=O)N1CCN(S(=O)(=O)c2ccc(C(=O)N(Cc3ccccn3)c3nc4cc(C)cc(C)c4s3)cc2)CC1. The standard InChI is InChI=1S/C29H31N5O5S2/c1-4-39-29(36)32-13-15-33(16-14-32)41(37,38)24-10-8-22(9-11-24)27(35)34(19-23-7-5-6-12-30-23)28-31-25-18-20(2)17-21(3)26(25)40-28/h5-12,17-18H,4,13-16,19H2,1-3H3. The van der Waals surface area contributed by atoms with Crippen LogP contribution in [0.25, 0.3) is 10.2 Å². The molecule has 0 unspecified atom stereocenters. The van der Waals surface area contributed by atoms with Crippen molar-refractivity contribution in [1.82, 2.24) is 19.2 Å². The number of thiazole rings is 1. The highest BCUT2D eigenvalue weighted by atomic mass is 32.2. The molecule has 0 spiro atoms. The molecule has 12 heteroatoms. The van der Waals surface area contributed by atoms with Gasteiger partial charge in [-0.05, 0) is 74.4 Å². The molecular formula is C29H31N5O5S2. The summed E-state index contributed by atoms with van der Waals surface area (Å²) < 4.78 is 34.0. The van der Waals surface area contributed by atoms with Gasteiger partial charge in [-0.15, -0.1) is 0 Å². The van der Waals surface area contributed by atoms with Crippen molar-refractivity contribution >= 4 is 48.7 Å². The summed E-state index contributed by atoms with van der Waals surface area (Å²) in [7, 11) is -3.80. The highest BCUT2D eigenvalue weighted by Gasteiger charge is 2.31. The molecule has 0 bridgehead atoms. The molecule has 1 saturated heterocycles. The smallest absolute Gasteiger partial charge is 0.409 e. The van der Waals surface area contributed by atoms with Gasteiger partial charge in [0.1, 0.15) is 0 Å². The van der Waals surface area contributed by atoms with Crippen LogP contribution in [0.5, 0.6) is 0 Å². The van der Waals surface area contributed by atoms with Gasteiger partial charge < -0.3 is 9.64 Å². The average Bonchev–Trinajstić information content (AvgIpc) is 3.40. The molecule has 5 rings (SSSR count). The lowest BCUT2D eigenvalue weighted by Gasteiger charge is -2.33. The lowest BCUT2D eigenvalue weighted by atomic mass is 10.1. The third-order valence-electron chi connectivity index (χ3n) is 6.83. The summed E-state index contributed by atoms with van der Waals surface area (Å²) in [4.78, 5) is 38.2. The van der Waals surface area contributed by atoms with Crippen LogP contribution in [0.4, 0.5) is 9.93 Å². The van der Waals surface area contributed by atoms with Gasteiger partial charge in [-0.2, -0.15) is 4.31 Å². The van der Waals surface area contributed by atoms with Crippen molar-refractivity contribution in [1.29, 1.82) is 0 Å². The molecule has 214 valence electrons. The zero-order valence-electron chi connectivity index (χ0n) is 23.1. The van der Waals surface area contributed by atoms with E-state index in [1.165, 1.54) is 44.8 Å². The van der Waals surface area contributed by atoms with E-state index in [0.717, 1.165) is 21.3 Å². The van der Waals surface area contributed by atoms with Crippen molar-refractivity contribution < 1.29 is 22.7 Å². The number of anilines is 1. The quantitative estimate of drug-likeness (QED) is 0.307. The van der Waals surface area contributed by atoms with Crippen LogP contribution < -0.4 is 4.90 Å². The van der Waals surface area contributed by atoms with Crippen molar-refractivity contribution in [3.8, 4) is 0 Å². The van der Waals surface area contributed by atoms with E-state index in [1.807, 2.05) is 38.1 Å². The van der Waals surface area contributed by atoms with Crippen LogP contribution in [0, 0.1) is 13.8 Å². The summed E-state index contributed by atoms with van der Waals surface area (Å²) in [6, 6.07) is 15.6. The van der Waals surface area contributed by atoms with Crippen LogP contribution >= 0.6 is 11.3 Å². The fourth-order valence-electron chi connectivity index (χ4n) is 4.76. The molecule has 2 aromatic carbocycles. The van der Waals surface area contributed by atoms with E-state index in [1.54, 1.807) is 18.0 Å². The first kappa shape index (κ1) is 28.7. The number of hydrogen-bond donors (Lipinski definition) is 0. The molecule has 10 nitrogen and oxygen atoms in total. The lowest BCUT2D eigenvalue weighted by Crippen LogP contribution is -2.50. The number of aromatic nitrogens is 2. The highest BCUT2D eigenvalue weighted by molar-refractivity contribution is 7.89. The number of benzene rings is 2. The Hall–Kier alpha value is -3.87. The number of pyridine rings is 1. The number of sulfonamides is 1. The molecule has 1 aliphatic rings. The Balaban J connectivity index is 1.39. The summed E-state index contributed by atoms with van der Waals surface area (Å²) in [5.41, 5.74) is 4.04. The van der Waals surface area contributed by atoms with Crippen LogP contribution in [-0.4, -0.2) is 72.4 Å². The maximum Gasteiger partial charge on any atom is 0.409 e. The molecule has 0 atom stereocenters. The summed E-state index contributed by atoms with van der Waals surface area (Å²) in [6.07, 6.45) is 1.23. The Bertz CT molecular complexity index is 1670. The first-order valence-corrected chi connectivity index (χ1v) is 15.5. The second-order valence-corrected chi connectivity index (χ2v) is 12.7. The normalized spacial score (nSPS) is 14.3. The van der Waals surface area contributed by atoms with E-state index in [2.05, 4.69) is 11.1 Å². The molecule has 1 fully saturated rings. The summed E-state index contributed by atoms with van der Waals surface area (Å²) in [5.74, 6) is -0.309. The zero-order chi connectivity index (χ0) is 29.1. The maximum absolute atomic E-state index is 13.8. The van der Waals surface area contributed by atoms with Gasteiger partial charge in [0.15, 0.2) is 5.13 Å². The Kier molecular flexibility index (Phi) is 8.34. The number of hydrogen-bond acceptors (Lipinski definition) is 8. The zero-order valence-corrected chi connectivity index (χ0v) is 24.7. The van der Waals surface area contributed by atoms with Gasteiger partial charge in [0.05, 0.1) is 34.0 Å². The van der Waals surface area contributed by atoms with Crippen molar-refractivity contribution in [3.05, 3.63) is 83.2 Å². The van der Waals surface area contributed by atoms with Crippen LogP contribution in [0.3, 0.4) is 0 Å². The molecule has 0 N–H and O–H groups in total. The minimum atomic E-state index is -3.80. The highest BCUT2D eigenvalue weighted by Crippen LogP contribution is 2.33. The van der Waals surface area contributed by atoms with Gasteiger partial charge in [-0.25, -0.2) is 18.2 Å². The van der Waals surface area contributed by atoms with Gasteiger partial charge in [0, 0.05) is 37.9 Å². The molecule has 1 aliphatic heterocycles. The number of nitrogens with zero attached hydrogens (tertiary/aromatic N) is 5. The topological polar surface area (TPSA) is 113 Å². The summed E-state index contributed by atoms with van der Waals surface area (Å²) in [6.45, 7) is 7.06. The molecule has 2 amide bonds. The van der Waals surface area contributed by atoms with E-state index >= 15 is 0 Å². The Labute approximate surface area is 243 Å².